The monoisotopic (exact) mass is 290 g/mol. The van der Waals surface area contributed by atoms with Crippen molar-refractivity contribution in [2.75, 3.05) is 0 Å². The summed E-state index contributed by atoms with van der Waals surface area (Å²) in [4.78, 5) is 11.2. The quantitative estimate of drug-likeness (QED) is 0.590. The van der Waals surface area contributed by atoms with Crippen LogP contribution in [0.2, 0.25) is 0 Å². The summed E-state index contributed by atoms with van der Waals surface area (Å²) in [6, 6.07) is 8.60. The molecule has 2 aromatic heterocycles. The molecule has 1 aromatic carbocycles. The largest absolute Gasteiger partial charge is 0.388 e. The van der Waals surface area contributed by atoms with E-state index in [1.807, 2.05) is 12.1 Å². The minimum Gasteiger partial charge on any atom is -0.388 e. The number of nitro groups is 1. The second-order valence-corrected chi connectivity index (χ2v) is 5.32. The van der Waals surface area contributed by atoms with Crippen LogP contribution in [-0.4, -0.2) is 25.0 Å². The van der Waals surface area contributed by atoms with E-state index in [1.54, 1.807) is 19.1 Å². The van der Waals surface area contributed by atoms with Crippen molar-refractivity contribution in [1.29, 1.82) is 0 Å². The lowest BCUT2D eigenvalue weighted by Crippen LogP contribution is -1.97. The maximum absolute atomic E-state index is 11.2. The lowest BCUT2D eigenvalue weighted by molar-refractivity contribution is -0.384. The van der Waals surface area contributed by atoms with Crippen LogP contribution in [0.4, 0.5) is 5.69 Å². The van der Waals surface area contributed by atoms with E-state index in [0.29, 0.717) is 20.9 Å². The number of aliphatic hydroxyl groups is 1. The molecule has 0 aliphatic rings. The van der Waals surface area contributed by atoms with Crippen LogP contribution in [0.5, 0.6) is 0 Å². The molecular weight excluding hydrogens is 280 g/mol. The number of aliphatic hydroxyl groups excluding tert-OH is 1. The highest BCUT2D eigenvalue weighted by Crippen LogP contribution is 2.36. The van der Waals surface area contributed by atoms with Crippen LogP contribution in [0.25, 0.3) is 16.0 Å². The molecule has 8 heteroatoms. The van der Waals surface area contributed by atoms with Gasteiger partial charge in [-0.3, -0.25) is 10.1 Å². The summed E-state index contributed by atoms with van der Waals surface area (Å²) in [6.45, 7) is 1.57. The minimum atomic E-state index is -0.762. The van der Waals surface area contributed by atoms with Crippen LogP contribution in [-0.2, 0) is 0 Å². The number of rotatable bonds is 3. The summed E-state index contributed by atoms with van der Waals surface area (Å²) in [6.07, 6.45) is -0.762. The van der Waals surface area contributed by atoms with Gasteiger partial charge in [-0.05, 0) is 19.1 Å². The van der Waals surface area contributed by atoms with E-state index in [9.17, 15) is 15.2 Å². The molecule has 1 N–H and O–H groups in total. The Morgan fingerprint density at radius 3 is 2.90 bits per heavy atom. The third-order valence-electron chi connectivity index (χ3n) is 2.87. The van der Waals surface area contributed by atoms with Gasteiger partial charge in [-0.1, -0.05) is 17.3 Å². The Balaban J connectivity index is 2.25. The van der Waals surface area contributed by atoms with Crippen molar-refractivity contribution in [2.24, 2.45) is 0 Å². The number of benzene rings is 1. The van der Waals surface area contributed by atoms with Gasteiger partial charge in [0.25, 0.3) is 0 Å². The van der Waals surface area contributed by atoms with Crippen molar-refractivity contribution in [1.82, 2.24) is 15.0 Å². The zero-order chi connectivity index (χ0) is 14.3. The molecule has 0 amide bonds. The van der Waals surface area contributed by atoms with Crippen molar-refractivity contribution < 1.29 is 10.0 Å². The maximum atomic E-state index is 11.2. The molecule has 2 heterocycles. The molecule has 20 heavy (non-hydrogen) atoms. The second kappa shape index (κ2) is 4.66. The predicted octanol–water partition coefficient (Wildman–Crippen LogP) is 2.44. The van der Waals surface area contributed by atoms with Crippen LogP contribution in [0.3, 0.4) is 0 Å². The smallest absolute Gasteiger partial charge is 0.306 e. The fourth-order valence-electron chi connectivity index (χ4n) is 1.90. The normalized spacial score (nSPS) is 12.7. The fraction of sp³-hybridized carbons (Fsp3) is 0.167. The number of hydrogen-bond donors (Lipinski definition) is 1. The Kier molecular flexibility index (Phi) is 2.96. The van der Waals surface area contributed by atoms with Crippen molar-refractivity contribution in [3.8, 4) is 5.00 Å². The van der Waals surface area contributed by atoms with Gasteiger partial charge in [0.15, 0.2) is 5.00 Å². The Bertz CT molecular complexity index is 793. The summed E-state index contributed by atoms with van der Waals surface area (Å²) in [5.41, 5.74) is 1.27. The fourth-order valence-corrected chi connectivity index (χ4v) is 2.92. The standard InChI is InChI=1S/C12H10N4O3S/c1-7(17)11-6-10(16(18)19)12(20-11)15-9-5-3-2-4-8(9)13-14-15/h2-7,17H,1H3. The second-order valence-electron chi connectivity index (χ2n) is 4.26. The van der Waals surface area contributed by atoms with Gasteiger partial charge in [0.05, 0.1) is 16.5 Å². The van der Waals surface area contributed by atoms with E-state index in [4.69, 9.17) is 0 Å². The predicted molar refractivity (Wildman–Crippen MR) is 74.0 cm³/mol. The van der Waals surface area contributed by atoms with Gasteiger partial charge in [0, 0.05) is 10.9 Å². The van der Waals surface area contributed by atoms with Gasteiger partial charge < -0.3 is 5.11 Å². The van der Waals surface area contributed by atoms with E-state index in [-0.39, 0.29) is 5.69 Å². The first kappa shape index (κ1) is 12.7. The maximum Gasteiger partial charge on any atom is 0.306 e. The highest BCUT2D eigenvalue weighted by molar-refractivity contribution is 7.15. The number of nitrogens with zero attached hydrogens (tertiary/aromatic N) is 4. The molecule has 0 aliphatic carbocycles. The number of para-hydroxylation sites is 1. The van der Waals surface area contributed by atoms with Crippen LogP contribution >= 0.6 is 11.3 Å². The van der Waals surface area contributed by atoms with E-state index < -0.39 is 11.0 Å². The summed E-state index contributed by atoms with van der Waals surface area (Å²) in [7, 11) is 0. The lowest BCUT2D eigenvalue weighted by atomic mass is 10.3. The van der Waals surface area contributed by atoms with Gasteiger partial charge in [-0.15, -0.1) is 16.4 Å². The third kappa shape index (κ3) is 1.95. The summed E-state index contributed by atoms with van der Waals surface area (Å²) in [5, 5.41) is 29.1. The van der Waals surface area contributed by atoms with Crippen molar-refractivity contribution in [3.63, 3.8) is 0 Å². The zero-order valence-electron chi connectivity index (χ0n) is 10.4. The highest BCUT2D eigenvalue weighted by atomic mass is 32.1. The highest BCUT2D eigenvalue weighted by Gasteiger charge is 2.24. The average molecular weight is 290 g/mol. The summed E-state index contributed by atoms with van der Waals surface area (Å²) in [5.74, 6) is 0. The van der Waals surface area contributed by atoms with Gasteiger partial charge in [0.2, 0.25) is 0 Å². The molecular formula is C12H10N4O3S. The summed E-state index contributed by atoms with van der Waals surface area (Å²) >= 11 is 1.14. The topological polar surface area (TPSA) is 94.1 Å². The molecule has 3 aromatic rings. The lowest BCUT2D eigenvalue weighted by Gasteiger charge is -1.98. The van der Waals surface area contributed by atoms with Crippen molar-refractivity contribution in [3.05, 3.63) is 45.3 Å². The molecule has 3 rings (SSSR count). The Morgan fingerprint density at radius 1 is 1.45 bits per heavy atom. The Morgan fingerprint density at radius 2 is 2.20 bits per heavy atom. The molecule has 7 nitrogen and oxygen atoms in total. The Labute approximate surface area is 117 Å². The number of fused-ring (bicyclic) bond motifs is 1. The molecule has 0 aliphatic heterocycles. The van der Waals surface area contributed by atoms with Gasteiger partial charge in [-0.2, -0.15) is 4.68 Å². The molecule has 0 saturated heterocycles. The van der Waals surface area contributed by atoms with Gasteiger partial charge in [0.1, 0.15) is 5.52 Å². The molecule has 0 fully saturated rings. The van der Waals surface area contributed by atoms with E-state index >= 15 is 0 Å². The van der Waals surface area contributed by atoms with Crippen LogP contribution < -0.4 is 0 Å². The average Bonchev–Trinajstić information content (AvgIpc) is 3.02. The molecule has 0 saturated carbocycles. The first-order valence-electron chi connectivity index (χ1n) is 5.85. The molecule has 0 radical (unpaired) electrons. The van der Waals surface area contributed by atoms with Crippen molar-refractivity contribution >= 4 is 28.1 Å². The molecule has 1 unspecified atom stereocenters. The SMILES string of the molecule is CC(O)c1cc([N+](=O)[O-])c(-n2nnc3ccccc32)s1. The number of thiophene rings is 1. The van der Waals surface area contributed by atoms with Crippen LogP contribution in [0.15, 0.2) is 30.3 Å². The third-order valence-corrected chi connectivity index (χ3v) is 4.14. The molecule has 0 spiro atoms. The first-order chi connectivity index (χ1) is 9.58. The van der Waals surface area contributed by atoms with E-state index in [2.05, 4.69) is 10.3 Å². The number of hydrogen-bond acceptors (Lipinski definition) is 6. The van der Waals surface area contributed by atoms with Gasteiger partial charge >= 0.3 is 5.69 Å². The zero-order valence-corrected chi connectivity index (χ0v) is 11.2. The minimum absolute atomic E-state index is 0.0819. The number of aromatic nitrogens is 3. The first-order valence-corrected chi connectivity index (χ1v) is 6.66. The van der Waals surface area contributed by atoms with Crippen molar-refractivity contribution in [2.45, 2.75) is 13.0 Å². The molecule has 102 valence electrons. The van der Waals surface area contributed by atoms with Crippen LogP contribution in [0, 0.1) is 10.1 Å². The summed E-state index contributed by atoms with van der Waals surface area (Å²) < 4.78 is 1.43. The molecule has 1 atom stereocenters. The van der Waals surface area contributed by atoms with E-state index in [0.717, 1.165) is 11.3 Å². The van der Waals surface area contributed by atoms with Crippen LogP contribution in [0.1, 0.15) is 17.9 Å². The van der Waals surface area contributed by atoms with E-state index in [1.165, 1.54) is 10.7 Å². The molecule has 0 bridgehead atoms. The Hall–Kier alpha value is -2.32. The van der Waals surface area contributed by atoms with Gasteiger partial charge in [-0.25, -0.2) is 0 Å².